The van der Waals surface area contributed by atoms with E-state index in [0.29, 0.717) is 19.6 Å². The molecule has 1 heterocycles. The molecule has 0 unspecified atom stereocenters. The minimum absolute atomic E-state index is 0.290. The van der Waals surface area contributed by atoms with Gasteiger partial charge in [-0.25, -0.2) is 8.42 Å². The summed E-state index contributed by atoms with van der Waals surface area (Å²) in [6, 6.07) is 8.01. The van der Waals surface area contributed by atoms with Gasteiger partial charge in [0.25, 0.3) is 0 Å². The Balaban J connectivity index is 2.04. The third kappa shape index (κ3) is 3.06. The molecule has 94 valence electrons. The lowest BCUT2D eigenvalue weighted by molar-refractivity contribution is 0.440. The van der Waals surface area contributed by atoms with Gasteiger partial charge in [0, 0.05) is 13.1 Å². The molecule has 0 aromatic heterocycles. The van der Waals surface area contributed by atoms with Crippen molar-refractivity contribution in [2.75, 3.05) is 18.8 Å². The highest BCUT2D eigenvalue weighted by Crippen LogP contribution is 2.17. The van der Waals surface area contributed by atoms with Crippen LogP contribution in [-0.4, -0.2) is 31.6 Å². The summed E-state index contributed by atoms with van der Waals surface area (Å²) < 4.78 is 24.9. The predicted octanol–water partition coefficient (Wildman–Crippen LogP) is 0.723. The van der Waals surface area contributed by atoms with Gasteiger partial charge in [-0.1, -0.05) is 24.3 Å². The van der Waals surface area contributed by atoms with Crippen molar-refractivity contribution in [3.8, 4) is 0 Å². The largest absolute Gasteiger partial charge is 0.330 e. The molecule has 0 spiro atoms. The van der Waals surface area contributed by atoms with Crippen LogP contribution in [0.1, 0.15) is 17.5 Å². The monoisotopic (exact) mass is 254 g/mol. The van der Waals surface area contributed by atoms with E-state index in [1.54, 1.807) is 4.31 Å². The zero-order chi connectivity index (χ0) is 12.3. The van der Waals surface area contributed by atoms with Crippen LogP contribution in [0, 0.1) is 0 Å². The fourth-order valence-electron chi connectivity index (χ4n) is 2.05. The number of rotatable bonds is 4. The second-order valence-corrected chi connectivity index (χ2v) is 6.45. The Hall–Kier alpha value is -0.910. The van der Waals surface area contributed by atoms with Crippen LogP contribution in [0.15, 0.2) is 24.3 Å². The second-order valence-electron chi connectivity index (χ2n) is 4.36. The Bertz CT molecular complexity index is 468. The molecule has 17 heavy (non-hydrogen) atoms. The molecule has 1 aromatic rings. The maximum Gasteiger partial charge on any atom is 0.214 e. The van der Waals surface area contributed by atoms with E-state index in [2.05, 4.69) is 0 Å². The third-order valence-electron chi connectivity index (χ3n) is 3.02. The summed E-state index contributed by atoms with van der Waals surface area (Å²) in [6.07, 6.45) is 1.61. The number of nitrogens with zero attached hydrogens (tertiary/aromatic N) is 1. The molecular formula is C12H18N2O2S. The Kier molecular flexibility index (Phi) is 3.81. The Morgan fingerprint density at radius 1 is 1.18 bits per heavy atom. The van der Waals surface area contributed by atoms with E-state index >= 15 is 0 Å². The van der Waals surface area contributed by atoms with Crippen molar-refractivity contribution in [3.63, 3.8) is 0 Å². The summed E-state index contributed by atoms with van der Waals surface area (Å²) in [4.78, 5) is 0. The number of hydrogen-bond donors (Lipinski definition) is 1. The first-order valence-corrected chi connectivity index (χ1v) is 7.48. The predicted molar refractivity (Wildman–Crippen MR) is 68.0 cm³/mol. The van der Waals surface area contributed by atoms with E-state index in [0.717, 1.165) is 18.4 Å². The van der Waals surface area contributed by atoms with Gasteiger partial charge in [0.15, 0.2) is 0 Å². The Labute approximate surface area is 102 Å². The van der Waals surface area contributed by atoms with Gasteiger partial charge in [-0.2, -0.15) is 4.31 Å². The minimum Gasteiger partial charge on any atom is -0.330 e. The summed E-state index contributed by atoms with van der Waals surface area (Å²) in [7, 11) is -2.99. The highest BCUT2D eigenvalue weighted by atomic mass is 32.2. The molecule has 0 aliphatic carbocycles. The molecule has 0 saturated carbocycles. The molecule has 0 bridgehead atoms. The zero-order valence-electron chi connectivity index (χ0n) is 9.80. The third-order valence-corrected chi connectivity index (χ3v) is 4.92. The molecule has 1 aliphatic heterocycles. The van der Waals surface area contributed by atoms with Crippen LogP contribution < -0.4 is 5.73 Å². The SMILES string of the molecule is NCCc1ccc(CN2CCCS2(=O)=O)cc1. The van der Waals surface area contributed by atoms with Crippen molar-refractivity contribution >= 4 is 10.0 Å². The highest BCUT2D eigenvalue weighted by molar-refractivity contribution is 7.89. The molecule has 1 fully saturated rings. The van der Waals surface area contributed by atoms with Crippen molar-refractivity contribution < 1.29 is 8.42 Å². The van der Waals surface area contributed by atoms with Gasteiger partial charge in [-0.15, -0.1) is 0 Å². The fourth-order valence-corrected chi connectivity index (χ4v) is 3.56. The number of benzene rings is 1. The average molecular weight is 254 g/mol. The summed E-state index contributed by atoms with van der Waals surface area (Å²) in [5.74, 6) is 0.290. The van der Waals surface area contributed by atoms with Crippen molar-refractivity contribution in [2.24, 2.45) is 5.73 Å². The quantitative estimate of drug-likeness (QED) is 0.861. The molecule has 1 aliphatic rings. The molecule has 2 rings (SSSR count). The summed E-state index contributed by atoms with van der Waals surface area (Å²) >= 11 is 0. The van der Waals surface area contributed by atoms with Crippen molar-refractivity contribution in [1.82, 2.24) is 4.31 Å². The van der Waals surface area contributed by atoms with Crippen molar-refractivity contribution in [3.05, 3.63) is 35.4 Å². The molecule has 0 atom stereocenters. The van der Waals surface area contributed by atoms with Gasteiger partial charge in [-0.3, -0.25) is 0 Å². The highest BCUT2D eigenvalue weighted by Gasteiger charge is 2.27. The molecule has 0 radical (unpaired) electrons. The first kappa shape index (κ1) is 12.5. The normalized spacial score (nSPS) is 19.6. The van der Waals surface area contributed by atoms with Gasteiger partial charge in [0.1, 0.15) is 0 Å². The lowest BCUT2D eigenvalue weighted by Gasteiger charge is -2.14. The van der Waals surface area contributed by atoms with Crippen LogP contribution in [-0.2, 0) is 23.0 Å². The standard InChI is InChI=1S/C12H18N2O2S/c13-7-6-11-2-4-12(5-3-11)10-14-8-1-9-17(14,15)16/h2-5H,1,6-10,13H2. The van der Waals surface area contributed by atoms with Crippen LogP contribution in [0.2, 0.25) is 0 Å². The van der Waals surface area contributed by atoms with Crippen LogP contribution in [0.4, 0.5) is 0 Å². The Morgan fingerprint density at radius 3 is 2.35 bits per heavy atom. The number of nitrogens with two attached hydrogens (primary N) is 1. The van der Waals surface area contributed by atoms with Gasteiger partial charge >= 0.3 is 0 Å². The van der Waals surface area contributed by atoms with Gasteiger partial charge < -0.3 is 5.73 Å². The maximum absolute atomic E-state index is 11.6. The summed E-state index contributed by atoms with van der Waals surface area (Å²) in [6.45, 7) is 1.78. The molecule has 1 aromatic carbocycles. The topological polar surface area (TPSA) is 63.4 Å². The first-order valence-electron chi connectivity index (χ1n) is 5.87. The summed E-state index contributed by atoms with van der Waals surface area (Å²) in [5, 5.41) is 0. The molecule has 1 saturated heterocycles. The summed E-state index contributed by atoms with van der Waals surface area (Å²) in [5.41, 5.74) is 7.71. The zero-order valence-corrected chi connectivity index (χ0v) is 10.6. The van der Waals surface area contributed by atoms with Crippen molar-refractivity contribution in [1.29, 1.82) is 0 Å². The number of sulfonamides is 1. The lowest BCUT2D eigenvalue weighted by Crippen LogP contribution is -2.25. The van der Waals surface area contributed by atoms with Crippen LogP contribution in [0.25, 0.3) is 0 Å². The van der Waals surface area contributed by atoms with Crippen LogP contribution >= 0.6 is 0 Å². The van der Waals surface area contributed by atoms with Gasteiger partial charge in [-0.05, 0) is 30.5 Å². The van der Waals surface area contributed by atoms with Gasteiger partial charge in [0.2, 0.25) is 10.0 Å². The fraction of sp³-hybridized carbons (Fsp3) is 0.500. The molecular weight excluding hydrogens is 236 g/mol. The van der Waals surface area contributed by atoms with E-state index in [1.165, 1.54) is 5.56 Å². The lowest BCUT2D eigenvalue weighted by atomic mass is 10.1. The van der Waals surface area contributed by atoms with E-state index in [4.69, 9.17) is 5.73 Å². The second kappa shape index (κ2) is 5.16. The van der Waals surface area contributed by atoms with Crippen LogP contribution in [0.5, 0.6) is 0 Å². The maximum atomic E-state index is 11.6. The molecule has 0 amide bonds. The number of hydrogen-bond acceptors (Lipinski definition) is 3. The van der Waals surface area contributed by atoms with Crippen molar-refractivity contribution in [2.45, 2.75) is 19.4 Å². The van der Waals surface area contributed by atoms with Crippen LogP contribution in [0.3, 0.4) is 0 Å². The van der Waals surface area contributed by atoms with E-state index < -0.39 is 10.0 Å². The van der Waals surface area contributed by atoms with E-state index in [-0.39, 0.29) is 5.75 Å². The molecule has 2 N–H and O–H groups in total. The smallest absolute Gasteiger partial charge is 0.214 e. The van der Waals surface area contributed by atoms with E-state index in [1.807, 2.05) is 24.3 Å². The Morgan fingerprint density at radius 2 is 1.82 bits per heavy atom. The molecule has 5 heteroatoms. The molecule has 4 nitrogen and oxygen atoms in total. The van der Waals surface area contributed by atoms with Gasteiger partial charge in [0.05, 0.1) is 5.75 Å². The first-order chi connectivity index (χ1) is 8.12. The minimum atomic E-state index is -2.99. The average Bonchev–Trinajstić information content (AvgIpc) is 2.62. The van der Waals surface area contributed by atoms with E-state index in [9.17, 15) is 8.42 Å².